The highest BCUT2D eigenvalue weighted by molar-refractivity contribution is 5.44. The minimum Gasteiger partial charge on any atom is -0.393 e. The zero-order chi connectivity index (χ0) is 10.8. The second kappa shape index (κ2) is 3.98. The van der Waals surface area contributed by atoms with Crippen LogP contribution in [0.4, 0.5) is 5.82 Å². The molecule has 1 aromatic rings. The summed E-state index contributed by atoms with van der Waals surface area (Å²) in [6.07, 6.45) is 4.87. The maximum absolute atomic E-state index is 9.24. The van der Waals surface area contributed by atoms with Crippen LogP contribution >= 0.6 is 0 Å². The zero-order valence-corrected chi connectivity index (χ0v) is 8.80. The Labute approximate surface area is 89.3 Å². The van der Waals surface area contributed by atoms with E-state index in [0.717, 1.165) is 18.7 Å². The molecule has 0 radical (unpaired) electrons. The summed E-state index contributed by atoms with van der Waals surface area (Å²) in [7, 11) is 1.99. The lowest BCUT2D eigenvalue weighted by molar-refractivity contribution is 0.0748. The third-order valence-electron chi connectivity index (χ3n) is 2.84. The Hall–Kier alpha value is -1.42. The highest BCUT2D eigenvalue weighted by Gasteiger charge is 2.31. The Morgan fingerprint density at radius 3 is 2.93 bits per heavy atom. The highest BCUT2D eigenvalue weighted by Crippen LogP contribution is 2.27. The molecule has 15 heavy (non-hydrogen) atoms. The molecule has 1 N–H and O–H groups in total. The average Bonchev–Trinajstić information content (AvgIpc) is 2.24. The molecule has 0 amide bonds. The van der Waals surface area contributed by atoms with E-state index >= 15 is 0 Å². The fourth-order valence-corrected chi connectivity index (χ4v) is 1.72. The van der Waals surface area contributed by atoms with Gasteiger partial charge in [-0.2, -0.15) is 0 Å². The molecule has 0 aliphatic heterocycles. The molecule has 0 spiro atoms. The number of anilines is 1. The van der Waals surface area contributed by atoms with Gasteiger partial charge in [-0.3, -0.25) is 0 Å². The fraction of sp³-hybridized carbons (Fsp3) is 0.455. The number of hydrogen-bond donors (Lipinski definition) is 1. The average molecular weight is 205 g/mol. The molecule has 0 aromatic carbocycles. The predicted molar refractivity (Wildman–Crippen MR) is 59.6 cm³/mol. The van der Waals surface area contributed by atoms with Crippen molar-refractivity contribution in [3.63, 3.8) is 0 Å². The third kappa shape index (κ3) is 1.99. The molecule has 0 unspecified atom stereocenters. The van der Waals surface area contributed by atoms with E-state index in [1.54, 1.807) is 12.3 Å². The van der Waals surface area contributed by atoms with E-state index in [-0.39, 0.29) is 6.10 Å². The van der Waals surface area contributed by atoms with E-state index in [1.165, 1.54) is 0 Å². The van der Waals surface area contributed by atoms with Crippen LogP contribution in [0.25, 0.3) is 6.08 Å². The Balaban J connectivity index is 2.11. The standard InChI is InChI=1S/C11H15N3O/c1-3-10-12-5-4-11(13-10)14(2)8-6-9(15)7-8/h3-5,8-9,15H,1,6-7H2,2H3. The van der Waals surface area contributed by atoms with Crippen molar-refractivity contribution in [3.8, 4) is 0 Å². The zero-order valence-electron chi connectivity index (χ0n) is 8.80. The highest BCUT2D eigenvalue weighted by atomic mass is 16.3. The molecule has 0 saturated heterocycles. The number of aliphatic hydroxyl groups is 1. The van der Waals surface area contributed by atoms with Gasteiger partial charge >= 0.3 is 0 Å². The second-order valence-corrected chi connectivity index (χ2v) is 3.87. The van der Waals surface area contributed by atoms with Crippen LogP contribution in [0.5, 0.6) is 0 Å². The maximum Gasteiger partial charge on any atom is 0.153 e. The van der Waals surface area contributed by atoms with Crippen LogP contribution in [0.2, 0.25) is 0 Å². The van der Waals surface area contributed by atoms with Crippen LogP contribution in [0.1, 0.15) is 18.7 Å². The normalized spacial score (nSPS) is 24.4. The lowest BCUT2D eigenvalue weighted by Crippen LogP contribution is -2.45. The number of nitrogens with zero attached hydrogens (tertiary/aromatic N) is 3. The van der Waals surface area contributed by atoms with Gasteiger partial charge in [0.15, 0.2) is 5.82 Å². The number of rotatable bonds is 3. The van der Waals surface area contributed by atoms with Crippen LogP contribution in [0, 0.1) is 0 Å². The van der Waals surface area contributed by atoms with Gasteiger partial charge in [0.1, 0.15) is 5.82 Å². The van der Waals surface area contributed by atoms with Crippen molar-refractivity contribution in [3.05, 3.63) is 24.7 Å². The van der Waals surface area contributed by atoms with Crippen LogP contribution < -0.4 is 4.90 Å². The summed E-state index contributed by atoms with van der Waals surface area (Å²) in [5.41, 5.74) is 0. The number of aliphatic hydroxyl groups excluding tert-OH is 1. The SMILES string of the molecule is C=Cc1nccc(N(C)C2CC(O)C2)n1. The quantitative estimate of drug-likeness (QED) is 0.802. The van der Waals surface area contributed by atoms with Crippen molar-refractivity contribution in [1.29, 1.82) is 0 Å². The van der Waals surface area contributed by atoms with Crippen LogP contribution in [-0.2, 0) is 0 Å². The molecule has 0 atom stereocenters. The first-order chi connectivity index (χ1) is 7.20. The molecular weight excluding hydrogens is 190 g/mol. The van der Waals surface area contributed by atoms with Gasteiger partial charge in [0, 0.05) is 19.3 Å². The molecule has 1 aliphatic carbocycles. The third-order valence-corrected chi connectivity index (χ3v) is 2.84. The Morgan fingerprint density at radius 1 is 1.60 bits per heavy atom. The lowest BCUT2D eigenvalue weighted by Gasteiger charge is -2.39. The maximum atomic E-state index is 9.24. The first-order valence-corrected chi connectivity index (χ1v) is 5.07. The van der Waals surface area contributed by atoms with Gasteiger partial charge in [-0.25, -0.2) is 9.97 Å². The van der Waals surface area contributed by atoms with Crippen molar-refractivity contribution in [2.45, 2.75) is 25.0 Å². The fourth-order valence-electron chi connectivity index (χ4n) is 1.72. The van der Waals surface area contributed by atoms with Crippen molar-refractivity contribution in [2.24, 2.45) is 0 Å². The summed E-state index contributed by atoms with van der Waals surface area (Å²) in [6.45, 7) is 3.64. The van der Waals surface area contributed by atoms with Crippen molar-refractivity contribution < 1.29 is 5.11 Å². The second-order valence-electron chi connectivity index (χ2n) is 3.87. The first kappa shape index (κ1) is 10.1. The van der Waals surface area contributed by atoms with Gasteiger partial charge in [0.05, 0.1) is 6.10 Å². The van der Waals surface area contributed by atoms with Crippen LogP contribution in [0.15, 0.2) is 18.8 Å². The van der Waals surface area contributed by atoms with E-state index in [9.17, 15) is 5.11 Å². The first-order valence-electron chi connectivity index (χ1n) is 5.07. The molecule has 1 heterocycles. The molecule has 0 bridgehead atoms. The van der Waals surface area contributed by atoms with Gasteiger partial charge < -0.3 is 10.0 Å². The summed E-state index contributed by atoms with van der Waals surface area (Å²) < 4.78 is 0. The largest absolute Gasteiger partial charge is 0.393 e. The Morgan fingerprint density at radius 2 is 2.33 bits per heavy atom. The molecule has 4 heteroatoms. The molecule has 1 aliphatic rings. The molecule has 1 aromatic heterocycles. The molecule has 1 saturated carbocycles. The van der Waals surface area contributed by atoms with Gasteiger partial charge in [-0.05, 0) is 25.0 Å². The molecule has 80 valence electrons. The summed E-state index contributed by atoms with van der Waals surface area (Å²) in [4.78, 5) is 10.5. The summed E-state index contributed by atoms with van der Waals surface area (Å²) in [5.74, 6) is 1.52. The van der Waals surface area contributed by atoms with E-state index in [1.807, 2.05) is 13.1 Å². The van der Waals surface area contributed by atoms with Crippen molar-refractivity contribution >= 4 is 11.9 Å². The summed E-state index contributed by atoms with van der Waals surface area (Å²) in [6, 6.07) is 2.27. The predicted octanol–water partition coefficient (Wildman–Crippen LogP) is 1.08. The number of hydrogen-bond acceptors (Lipinski definition) is 4. The number of aromatic nitrogens is 2. The van der Waals surface area contributed by atoms with Gasteiger partial charge in [-0.15, -0.1) is 0 Å². The van der Waals surface area contributed by atoms with Gasteiger partial charge in [-0.1, -0.05) is 6.58 Å². The molecule has 4 nitrogen and oxygen atoms in total. The Kier molecular flexibility index (Phi) is 2.68. The van der Waals surface area contributed by atoms with E-state index in [0.29, 0.717) is 11.9 Å². The summed E-state index contributed by atoms with van der Waals surface area (Å²) >= 11 is 0. The summed E-state index contributed by atoms with van der Waals surface area (Å²) in [5, 5.41) is 9.24. The van der Waals surface area contributed by atoms with Crippen LogP contribution in [0.3, 0.4) is 0 Å². The van der Waals surface area contributed by atoms with E-state index in [4.69, 9.17) is 0 Å². The molecular formula is C11H15N3O. The van der Waals surface area contributed by atoms with E-state index in [2.05, 4.69) is 21.4 Å². The van der Waals surface area contributed by atoms with Crippen molar-refractivity contribution in [2.75, 3.05) is 11.9 Å². The smallest absolute Gasteiger partial charge is 0.153 e. The van der Waals surface area contributed by atoms with Crippen LogP contribution in [-0.4, -0.2) is 34.3 Å². The minimum atomic E-state index is -0.141. The van der Waals surface area contributed by atoms with Crippen molar-refractivity contribution in [1.82, 2.24) is 9.97 Å². The monoisotopic (exact) mass is 205 g/mol. The lowest BCUT2D eigenvalue weighted by atomic mass is 9.88. The van der Waals surface area contributed by atoms with Gasteiger partial charge in [0.2, 0.25) is 0 Å². The molecule has 1 fully saturated rings. The molecule has 2 rings (SSSR count). The van der Waals surface area contributed by atoms with E-state index < -0.39 is 0 Å². The topological polar surface area (TPSA) is 49.2 Å². The van der Waals surface area contributed by atoms with Gasteiger partial charge in [0.25, 0.3) is 0 Å². The minimum absolute atomic E-state index is 0.141. The Bertz CT molecular complexity index is 361.